The molecule has 1 heterocycles. The second-order valence-corrected chi connectivity index (χ2v) is 7.45. The molecule has 2 aliphatic rings. The topological polar surface area (TPSA) is 44.4 Å². The zero-order valence-electron chi connectivity index (χ0n) is 14.6. The van der Waals surface area contributed by atoms with Crippen molar-refractivity contribution < 1.29 is 4.79 Å². The highest BCUT2D eigenvalue weighted by molar-refractivity contribution is 5.74. The van der Waals surface area contributed by atoms with Gasteiger partial charge in [0.15, 0.2) is 0 Å². The number of carbonyl (C=O) groups is 1. The minimum absolute atomic E-state index is 0.0339. The van der Waals surface area contributed by atoms with E-state index in [-0.39, 0.29) is 6.03 Å². The average Bonchev–Trinajstić information content (AvgIpc) is 2.53. The molecule has 0 spiro atoms. The van der Waals surface area contributed by atoms with Gasteiger partial charge in [-0.3, -0.25) is 0 Å². The van der Waals surface area contributed by atoms with Gasteiger partial charge in [0.1, 0.15) is 0 Å². The Labute approximate surface area is 136 Å². The largest absolute Gasteiger partial charge is 0.338 e. The Hall–Kier alpha value is -0.770. The van der Waals surface area contributed by atoms with Gasteiger partial charge in [0.2, 0.25) is 0 Å². The lowest BCUT2D eigenvalue weighted by molar-refractivity contribution is 0.161. The number of piperidine rings is 1. The number of nitrogens with one attached hydrogen (secondary N) is 2. The maximum Gasteiger partial charge on any atom is 0.315 e. The summed E-state index contributed by atoms with van der Waals surface area (Å²) in [6, 6.07) is 1.01. The normalized spacial score (nSPS) is 22.0. The predicted molar refractivity (Wildman–Crippen MR) is 92.1 cm³/mol. The Morgan fingerprint density at radius 1 is 1.09 bits per heavy atom. The Morgan fingerprint density at radius 2 is 1.77 bits per heavy atom. The van der Waals surface area contributed by atoms with Crippen LogP contribution in [-0.2, 0) is 0 Å². The highest BCUT2D eigenvalue weighted by atomic mass is 16.2. The van der Waals surface area contributed by atoms with Crippen molar-refractivity contribution in [3.8, 4) is 0 Å². The molecule has 0 aromatic carbocycles. The predicted octanol–water partition coefficient (Wildman–Crippen LogP) is 3.52. The first-order valence-electron chi connectivity index (χ1n) is 9.43. The summed E-state index contributed by atoms with van der Waals surface area (Å²) in [5.41, 5.74) is 0. The molecule has 128 valence electrons. The van der Waals surface area contributed by atoms with Crippen LogP contribution >= 0.6 is 0 Å². The molecule has 4 nitrogen and oxygen atoms in total. The third kappa shape index (κ3) is 6.15. The molecule has 2 amide bonds. The fourth-order valence-electron chi connectivity index (χ4n) is 3.87. The number of hydrogen-bond acceptors (Lipinski definition) is 2. The minimum atomic E-state index is 0.0339. The van der Waals surface area contributed by atoms with Crippen molar-refractivity contribution in [1.29, 1.82) is 0 Å². The smallest absolute Gasteiger partial charge is 0.315 e. The molecule has 1 saturated carbocycles. The highest BCUT2D eigenvalue weighted by Gasteiger charge is 2.21. The van der Waals surface area contributed by atoms with Gasteiger partial charge >= 0.3 is 6.03 Å². The van der Waals surface area contributed by atoms with Crippen LogP contribution in [0.5, 0.6) is 0 Å². The first kappa shape index (κ1) is 17.6. The van der Waals surface area contributed by atoms with Crippen LogP contribution in [0.25, 0.3) is 0 Å². The molecule has 0 bridgehead atoms. The van der Waals surface area contributed by atoms with Crippen molar-refractivity contribution in [3.05, 3.63) is 0 Å². The van der Waals surface area contributed by atoms with E-state index >= 15 is 0 Å². The van der Waals surface area contributed by atoms with Crippen LogP contribution < -0.4 is 10.6 Å². The van der Waals surface area contributed by atoms with Gasteiger partial charge in [-0.05, 0) is 45.4 Å². The van der Waals surface area contributed by atoms with Crippen LogP contribution in [0, 0.1) is 5.92 Å². The minimum Gasteiger partial charge on any atom is -0.338 e. The number of rotatable bonds is 6. The van der Waals surface area contributed by atoms with Crippen LogP contribution in [0.2, 0.25) is 0 Å². The van der Waals surface area contributed by atoms with E-state index in [0.29, 0.717) is 12.1 Å². The van der Waals surface area contributed by atoms with E-state index in [1.807, 2.05) is 0 Å². The molecule has 0 atom stereocenters. The van der Waals surface area contributed by atoms with Crippen molar-refractivity contribution in [2.24, 2.45) is 5.92 Å². The van der Waals surface area contributed by atoms with Gasteiger partial charge in [-0.1, -0.05) is 32.1 Å². The summed E-state index contributed by atoms with van der Waals surface area (Å²) >= 11 is 0. The lowest BCUT2D eigenvalue weighted by Crippen LogP contribution is -2.49. The molecule has 2 fully saturated rings. The summed E-state index contributed by atoms with van der Waals surface area (Å²) in [4.78, 5) is 14.4. The summed E-state index contributed by atoms with van der Waals surface area (Å²) in [6.07, 6.45) is 11.6. The van der Waals surface area contributed by atoms with E-state index in [9.17, 15) is 4.79 Å². The average molecular weight is 309 g/mol. The van der Waals surface area contributed by atoms with E-state index in [0.717, 1.165) is 44.8 Å². The van der Waals surface area contributed by atoms with Gasteiger partial charge in [0, 0.05) is 31.7 Å². The van der Waals surface area contributed by atoms with Gasteiger partial charge in [0.25, 0.3) is 0 Å². The number of likely N-dealkylation sites (tertiary alicyclic amines) is 1. The quantitative estimate of drug-likeness (QED) is 0.737. The number of hydrogen-bond donors (Lipinski definition) is 2. The maximum absolute atomic E-state index is 11.9. The SMILES string of the molecule is CC(C)N1CCC(NC(=O)NCCCC2CCCCC2)CC1. The van der Waals surface area contributed by atoms with Gasteiger partial charge in [-0.2, -0.15) is 0 Å². The molecule has 22 heavy (non-hydrogen) atoms. The summed E-state index contributed by atoms with van der Waals surface area (Å²) in [5, 5.41) is 6.18. The highest BCUT2D eigenvalue weighted by Crippen LogP contribution is 2.26. The lowest BCUT2D eigenvalue weighted by atomic mass is 9.86. The van der Waals surface area contributed by atoms with Gasteiger partial charge < -0.3 is 15.5 Å². The standard InChI is InChI=1S/C18H35N3O/c1-15(2)21-13-10-17(11-14-21)20-18(22)19-12-6-9-16-7-4-3-5-8-16/h15-17H,3-14H2,1-2H3,(H2,19,20,22). The lowest BCUT2D eigenvalue weighted by Gasteiger charge is -2.34. The second-order valence-electron chi connectivity index (χ2n) is 7.45. The molecule has 2 N–H and O–H groups in total. The van der Waals surface area contributed by atoms with E-state index in [1.165, 1.54) is 38.5 Å². The summed E-state index contributed by atoms with van der Waals surface area (Å²) in [5.74, 6) is 0.916. The van der Waals surface area contributed by atoms with Crippen LogP contribution in [0.1, 0.15) is 71.6 Å². The molecule has 0 aromatic heterocycles. The molecule has 0 unspecified atom stereocenters. The Morgan fingerprint density at radius 3 is 2.41 bits per heavy atom. The molecule has 1 aliphatic heterocycles. The first-order valence-corrected chi connectivity index (χ1v) is 9.43. The molecule has 4 heteroatoms. The monoisotopic (exact) mass is 309 g/mol. The van der Waals surface area contributed by atoms with Crippen LogP contribution in [0.4, 0.5) is 4.79 Å². The number of urea groups is 1. The second kappa shape index (κ2) is 9.39. The summed E-state index contributed by atoms with van der Waals surface area (Å²) < 4.78 is 0. The molecule has 1 aliphatic carbocycles. The fourth-order valence-corrected chi connectivity index (χ4v) is 3.87. The Bertz CT molecular complexity index is 318. The Balaban J connectivity index is 1.51. The zero-order valence-corrected chi connectivity index (χ0v) is 14.6. The van der Waals surface area contributed by atoms with Crippen molar-refractivity contribution in [1.82, 2.24) is 15.5 Å². The van der Waals surface area contributed by atoms with E-state index in [1.54, 1.807) is 0 Å². The fraction of sp³-hybridized carbons (Fsp3) is 0.944. The van der Waals surface area contributed by atoms with Crippen LogP contribution in [0.15, 0.2) is 0 Å². The van der Waals surface area contributed by atoms with Gasteiger partial charge in [0.05, 0.1) is 0 Å². The Kier molecular flexibility index (Phi) is 7.50. The van der Waals surface area contributed by atoms with Crippen molar-refractivity contribution >= 4 is 6.03 Å². The maximum atomic E-state index is 11.9. The first-order chi connectivity index (χ1) is 10.6. The van der Waals surface area contributed by atoms with Crippen molar-refractivity contribution in [2.45, 2.75) is 83.7 Å². The zero-order chi connectivity index (χ0) is 15.8. The van der Waals surface area contributed by atoms with E-state index < -0.39 is 0 Å². The number of nitrogens with zero attached hydrogens (tertiary/aromatic N) is 1. The summed E-state index contributed by atoms with van der Waals surface area (Å²) in [6.45, 7) is 7.52. The van der Waals surface area contributed by atoms with Gasteiger partial charge in [-0.25, -0.2) is 4.79 Å². The molecular formula is C18H35N3O. The molecular weight excluding hydrogens is 274 g/mol. The van der Waals surface area contributed by atoms with Crippen LogP contribution in [-0.4, -0.2) is 42.6 Å². The summed E-state index contributed by atoms with van der Waals surface area (Å²) in [7, 11) is 0. The van der Waals surface area contributed by atoms with Gasteiger partial charge in [-0.15, -0.1) is 0 Å². The van der Waals surface area contributed by atoms with E-state index in [4.69, 9.17) is 0 Å². The third-order valence-electron chi connectivity index (χ3n) is 5.39. The molecule has 1 saturated heterocycles. The third-order valence-corrected chi connectivity index (χ3v) is 5.39. The van der Waals surface area contributed by atoms with Crippen LogP contribution in [0.3, 0.4) is 0 Å². The molecule has 0 radical (unpaired) electrons. The van der Waals surface area contributed by atoms with Crippen molar-refractivity contribution in [2.75, 3.05) is 19.6 Å². The molecule has 0 aromatic rings. The van der Waals surface area contributed by atoms with Crippen molar-refractivity contribution in [3.63, 3.8) is 0 Å². The number of carbonyl (C=O) groups excluding carboxylic acids is 1. The van der Waals surface area contributed by atoms with E-state index in [2.05, 4.69) is 29.4 Å². The number of amides is 2. The molecule has 2 rings (SSSR count).